The van der Waals surface area contributed by atoms with Crippen LogP contribution in [0, 0.1) is 56.7 Å². The standard InChI is InChI=1S/C39H56O2/c1-26(2)28-18-21-36(5)24-25-38(7)29(34(28)36)15-16-31-37(6)22-20-32(35(3,4)30(37)19-23-39(31,38)8)41-33(40)17-14-27-12-10-9-11-13-27/h9-14,17,28-32,34H,1,15-16,18-25H2,2-8H3/b17-14+/t28-,29-,30-,31+,32-,34-,36+,37-,38+,39+/m0/s1. The van der Waals surface area contributed by atoms with Gasteiger partial charge >= 0.3 is 5.97 Å². The molecule has 0 saturated heterocycles. The predicted octanol–water partition coefficient (Wildman–Crippen LogP) is 10.3. The van der Waals surface area contributed by atoms with Gasteiger partial charge in [0.1, 0.15) is 6.10 Å². The molecule has 1 aromatic carbocycles. The summed E-state index contributed by atoms with van der Waals surface area (Å²) in [5.74, 6) is 3.50. The quantitative estimate of drug-likeness (QED) is 0.209. The van der Waals surface area contributed by atoms with Crippen LogP contribution in [0.5, 0.6) is 0 Å². The van der Waals surface area contributed by atoms with Crippen LogP contribution in [0.3, 0.4) is 0 Å². The van der Waals surface area contributed by atoms with Gasteiger partial charge in [-0.2, -0.15) is 0 Å². The number of benzene rings is 1. The van der Waals surface area contributed by atoms with E-state index >= 15 is 0 Å². The van der Waals surface area contributed by atoms with Crippen LogP contribution in [0.15, 0.2) is 48.6 Å². The number of rotatable bonds is 4. The van der Waals surface area contributed by atoms with Crippen LogP contribution >= 0.6 is 0 Å². The number of hydrogen-bond donors (Lipinski definition) is 0. The van der Waals surface area contributed by atoms with E-state index in [2.05, 4.69) is 55.0 Å². The number of ether oxygens (including phenoxy) is 1. The number of fused-ring (bicyclic) bond motifs is 7. The van der Waals surface area contributed by atoms with Crippen LogP contribution in [0.25, 0.3) is 6.08 Å². The van der Waals surface area contributed by atoms with Crippen LogP contribution in [0.1, 0.15) is 118 Å². The number of esters is 1. The summed E-state index contributed by atoms with van der Waals surface area (Å²) in [6.45, 7) is 22.4. The molecule has 5 saturated carbocycles. The fraction of sp³-hybridized carbons (Fsp3) is 0.718. The Kier molecular flexibility index (Phi) is 7.03. The highest BCUT2D eigenvalue weighted by molar-refractivity contribution is 5.87. The molecule has 2 heteroatoms. The summed E-state index contributed by atoms with van der Waals surface area (Å²) in [4.78, 5) is 13.0. The largest absolute Gasteiger partial charge is 0.459 e. The molecule has 10 atom stereocenters. The monoisotopic (exact) mass is 556 g/mol. The van der Waals surface area contributed by atoms with Gasteiger partial charge in [-0.15, -0.1) is 0 Å². The average molecular weight is 557 g/mol. The first-order valence-corrected chi connectivity index (χ1v) is 16.9. The van der Waals surface area contributed by atoms with Gasteiger partial charge in [0.2, 0.25) is 0 Å². The highest BCUT2D eigenvalue weighted by Crippen LogP contribution is 2.77. The van der Waals surface area contributed by atoms with E-state index in [1.165, 1.54) is 63.4 Å². The molecule has 1 aromatic rings. The van der Waals surface area contributed by atoms with Crippen LogP contribution in [-0.4, -0.2) is 12.1 Å². The van der Waals surface area contributed by atoms with Crippen LogP contribution in [0.4, 0.5) is 0 Å². The minimum Gasteiger partial charge on any atom is -0.459 e. The molecule has 0 radical (unpaired) electrons. The minimum atomic E-state index is -0.196. The summed E-state index contributed by atoms with van der Waals surface area (Å²) in [5.41, 5.74) is 4.05. The van der Waals surface area contributed by atoms with E-state index in [0.29, 0.717) is 27.6 Å². The van der Waals surface area contributed by atoms with Crippen molar-refractivity contribution in [2.45, 2.75) is 119 Å². The first-order valence-electron chi connectivity index (χ1n) is 16.9. The van der Waals surface area contributed by atoms with Crippen molar-refractivity contribution in [3.8, 4) is 0 Å². The summed E-state index contributed by atoms with van der Waals surface area (Å²) in [7, 11) is 0. The smallest absolute Gasteiger partial charge is 0.331 e. The van der Waals surface area contributed by atoms with Gasteiger partial charge < -0.3 is 4.74 Å². The third-order valence-corrected chi connectivity index (χ3v) is 14.9. The lowest BCUT2D eigenvalue weighted by Gasteiger charge is -2.73. The van der Waals surface area contributed by atoms with E-state index in [4.69, 9.17) is 4.74 Å². The Balaban J connectivity index is 1.24. The van der Waals surface area contributed by atoms with E-state index in [9.17, 15) is 4.79 Å². The molecule has 224 valence electrons. The van der Waals surface area contributed by atoms with Crippen molar-refractivity contribution < 1.29 is 9.53 Å². The molecule has 41 heavy (non-hydrogen) atoms. The van der Waals surface area contributed by atoms with Gasteiger partial charge in [-0.1, -0.05) is 84.0 Å². The maximum absolute atomic E-state index is 13.0. The third-order valence-electron chi connectivity index (χ3n) is 14.9. The molecule has 0 N–H and O–H groups in total. The lowest BCUT2D eigenvalue weighted by atomic mass is 9.32. The van der Waals surface area contributed by atoms with Crippen molar-refractivity contribution in [3.05, 3.63) is 54.1 Å². The fourth-order valence-corrected chi connectivity index (χ4v) is 12.6. The molecule has 0 amide bonds. The molecule has 0 spiro atoms. The Labute approximate surface area is 250 Å². The van der Waals surface area contributed by atoms with Gasteiger partial charge in [-0.3, -0.25) is 0 Å². The fourth-order valence-electron chi connectivity index (χ4n) is 12.6. The van der Waals surface area contributed by atoms with Crippen LogP contribution < -0.4 is 0 Å². The second-order valence-electron chi connectivity index (χ2n) is 16.9. The SMILES string of the molecule is C=C(C)[C@@H]1CC[C@]2(C)CC[C@]3(C)[C@@H](CC[C@@H]4[C@@]5(C)CC[C@H](OC(=O)/C=C/c6ccccc6)C(C)(C)[C@@H]5CC[C@]43C)[C@H]12. The molecule has 2 nitrogen and oxygen atoms in total. The number of carbonyl (C=O) groups is 1. The van der Waals surface area contributed by atoms with Gasteiger partial charge in [-0.25, -0.2) is 4.79 Å². The van der Waals surface area contributed by atoms with E-state index in [1.807, 2.05) is 36.4 Å². The molecule has 0 bridgehead atoms. The van der Waals surface area contributed by atoms with Crippen molar-refractivity contribution in [3.63, 3.8) is 0 Å². The van der Waals surface area contributed by atoms with Crippen molar-refractivity contribution in [1.29, 1.82) is 0 Å². The highest BCUT2D eigenvalue weighted by atomic mass is 16.5. The molecule has 0 unspecified atom stereocenters. The average Bonchev–Trinajstić information content (AvgIpc) is 3.28. The number of hydrogen-bond acceptors (Lipinski definition) is 2. The van der Waals surface area contributed by atoms with Gasteiger partial charge in [0.15, 0.2) is 0 Å². The van der Waals surface area contributed by atoms with Crippen molar-refractivity contribution in [1.82, 2.24) is 0 Å². The molecule has 5 aliphatic carbocycles. The van der Waals surface area contributed by atoms with Crippen molar-refractivity contribution in [2.24, 2.45) is 56.7 Å². The first kappa shape index (κ1) is 29.3. The van der Waals surface area contributed by atoms with E-state index in [0.717, 1.165) is 35.7 Å². The van der Waals surface area contributed by atoms with Gasteiger partial charge in [0.05, 0.1) is 0 Å². The topological polar surface area (TPSA) is 26.3 Å². The summed E-state index contributed by atoms with van der Waals surface area (Å²) in [6.07, 6.45) is 16.6. The molecule has 0 aromatic heterocycles. The number of allylic oxidation sites excluding steroid dienone is 1. The van der Waals surface area contributed by atoms with Gasteiger partial charge in [0, 0.05) is 11.5 Å². The number of carbonyl (C=O) groups excluding carboxylic acids is 1. The van der Waals surface area contributed by atoms with Gasteiger partial charge in [0.25, 0.3) is 0 Å². The second kappa shape index (κ2) is 9.85. The Hall–Kier alpha value is -1.83. The minimum absolute atomic E-state index is 0.0185. The zero-order valence-electron chi connectivity index (χ0n) is 27.1. The van der Waals surface area contributed by atoms with Crippen molar-refractivity contribution in [2.75, 3.05) is 0 Å². The maximum atomic E-state index is 13.0. The lowest BCUT2D eigenvalue weighted by Crippen LogP contribution is -2.66. The summed E-state index contributed by atoms with van der Waals surface area (Å²) in [5, 5.41) is 0. The molecule has 0 heterocycles. The summed E-state index contributed by atoms with van der Waals surface area (Å²) in [6, 6.07) is 10.0. The predicted molar refractivity (Wildman–Crippen MR) is 170 cm³/mol. The Morgan fingerprint density at radius 1 is 0.829 bits per heavy atom. The third kappa shape index (κ3) is 4.27. The van der Waals surface area contributed by atoms with E-state index in [-0.39, 0.29) is 17.5 Å². The van der Waals surface area contributed by atoms with Crippen LogP contribution in [-0.2, 0) is 9.53 Å². The molecule has 5 aliphatic rings. The van der Waals surface area contributed by atoms with E-state index in [1.54, 1.807) is 6.08 Å². The molecule has 5 fully saturated rings. The van der Waals surface area contributed by atoms with E-state index < -0.39 is 0 Å². The first-order chi connectivity index (χ1) is 19.3. The summed E-state index contributed by atoms with van der Waals surface area (Å²) < 4.78 is 6.25. The molecule has 6 rings (SSSR count). The Morgan fingerprint density at radius 3 is 2.27 bits per heavy atom. The zero-order chi connectivity index (χ0) is 29.4. The second-order valence-corrected chi connectivity index (χ2v) is 16.9. The molecule has 0 aliphatic heterocycles. The molecular weight excluding hydrogens is 500 g/mol. The highest BCUT2D eigenvalue weighted by Gasteiger charge is 2.70. The maximum Gasteiger partial charge on any atom is 0.331 e. The lowest BCUT2D eigenvalue weighted by molar-refractivity contribution is -0.248. The Morgan fingerprint density at radius 2 is 1.56 bits per heavy atom. The Bertz CT molecular complexity index is 1210. The van der Waals surface area contributed by atoms with Crippen LogP contribution in [0.2, 0.25) is 0 Å². The van der Waals surface area contributed by atoms with Crippen molar-refractivity contribution >= 4 is 12.0 Å². The summed E-state index contributed by atoms with van der Waals surface area (Å²) >= 11 is 0. The normalized spacial score (nSPS) is 46.6. The zero-order valence-corrected chi connectivity index (χ0v) is 27.1. The molecular formula is C39H56O2. The van der Waals surface area contributed by atoms with Gasteiger partial charge in [-0.05, 0) is 134 Å².